The van der Waals surface area contributed by atoms with E-state index in [1.807, 2.05) is 13.8 Å². The molecule has 0 aromatic carbocycles. The second-order valence-corrected chi connectivity index (χ2v) is 3.96. The Morgan fingerprint density at radius 3 is 2.40 bits per heavy atom. The first-order valence-corrected chi connectivity index (χ1v) is 5.02. The number of aliphatic hydroxyl groups is 1. The smallest absolute Gasteiger partial charge is 0.333 e. The molecule has 0 radical (unpaired) electrons. The quantitative estimate of drug-likeness (QED) is 0.512. The van der Waals surface area contributed by atoms with Crippen LogP contribution in [0.5, 0.6) is 0 Å². The zero-order valence-electron chi connectivity index (χ0n) is 9.66. The Morgan fingerprint density at radius 1 is 1.33 bits per heavy atom. The monoisotopic (exact) mass is 216 g/mol. The molecule has 0 spiro atoms. The van der Waals surface area contributed by atoms with Gasteiger partial charge in [0, 0.05) is 12.2 Å². The van der Waals surface area contributed by atoms with Gasteiger partial charge in [0.15, 0.2) is 0 Å². The van der Waals surface area contributed by atoms with E-state index in [0.29, 0.717) is 18.1 Å². The minimum atomic E-state index is -0.771. The molecule has 0 bridgehead atoms. The molecule has 1 atom stereocenters. The summed E-state index contributed by atoms with van der Waals surface area (Å²) in [6, 6.07) is 0. The molecule has 0 aromatic rings. The molecule has 0 aliphatic heterocycles. The van der Waals surface area contributed by atoms with Crippen LogP contribution in [0.1, 0.15) is 20.8 Å². The highest BCUT2D eigenvalue weighted by molar-refractivity contribution is 5.86. The molecule has 0 aliphatic rings. The number of carbonyl (C=O) groups is 1. The summed E-state index contributed by atoms with van der Waals surface area (Å²) in [5, 5.41) is 9.36. The van der Waals surface area contributed by atoms with E-state index in [4.69, 9.17) is 9.47 Å². The Hall–Kier alpha value is -0.870. The molecule has 0 aliphatic carbocycles. The van der Waals surface area contributed by atoms with E-state index in [-0.39, 0.29) is 13.2 Å². The highest BCUT2D eigenvalue weighted by Gasteiger charge is 2.09. The highest BCUT2D eigenvalue weighted by Crippen LogP contribution is 1.97. The third-order valence-electron chi connectivity index (χ3n) is 1.52. The number of ether oxygens (including phenoxy) is 2. The van der Waals surface area contributed by atoms with Gasteiger partial charge < -0.3 is 14.6 Å². The average Bonchev–Trinajstić information content (AvgIpc) is 2.13. The SMILES string of the molecule is C=C(C)C(=O)OCC(O)COCC(C)C. The fourth-order valence-corrected chi connectivity index (χ4v) is 0.783. The van der Waals surface area contributed by atoms with E-state index in [0.717, 1.165) is 0 Å². The molecule has 0 heterocycles. The lowest BCUT2D eigenvalue weighted by Crippen LogP contribution is -2.24. The summed E-state index contributed by atoms with van der Waals surface area (Å²) in [5.41, 5.74) is 0.324. The van der Waals surface area contributed by atoms with Gasteiger partial charge in [0.1, 0.15) is 12.7 Å². The molecule has 1 N–H and O–H groups in total. The minimum absolute atomic E-state index is 0.0518. The number of hydrogen-bond donors (Lipinski definition) is 1. The number of esters is 1. The van der Waals surface area contributed by atoms with Crippen LogP contribution >= 0.6 is 0 Å². The summed E-state index contributed by atoms with van der Waals surface area (Å²) in [6.45, 7) is 9.75. The van der Waals surface area contributed by atoms with Crippen LogP contribution in [0.4, 0.5) is 0 Å². The molecule has 4 nitrogen and oxygen atoms in total. The molecule has 88 valence electrons. The van der Waals surface area contributed by atoms with Gasteiger partial charge in [-0.05, 0) is 12.8 Å². The molecule has 0 saturated carbocycles. The van der Waals surface area contributed by atoms with Crippen LogP contribution in [0, 0.1) is 5.92 Å². The van der Waals surface area contributed by atoms with Crippen molar-refractivity contribution in [3.8, 4) is 0 Å². The Balaban J connectivity index is 3.53. The first-order chi connectivity index (χ1) is 6.93. The number of hydrogen-bond acceptors (Lipinski definition) is 4. The highest BCUT2D eigenvalue weighted by atomic mass is 16.5. The van der Waals surface area contributed by atoms with E-state index in [1.165, 1.54) is 0 Å². The summed E-state index contributed by atoms with van der Waals surface area (Å²) in [7, 11) is 0. The zero-order chi connectivity index (χ0) is 11.8. The van der Waals surface area contributed by atoms with Crippen molar-refractivity contribution in [3.05, 3.63) is 12.2 Å². The molecule has 0 aromatic heterocycles. The van der Waals surface area contributed by atoms with E-state index in [2.05, 4.69) is 6.58 Å². The number of aliphatic hydroxyl groups excluding tert-OH is 1. The van der Waals surface area contributed by atoms with Crippen molar-refractivity contribution < 1.29 is 19.4 Å². The lowest BCUT2D eigenvalue weighted by atomic mass is 10.2. The molecule has 4 heteroatoms. The maximum absolute atomic E-state index is 11.0. The second kappa shape index (κ2) is 7.43. The van der Waals surface area contributed by atoms with Crippen molar-refractivity contribution >= 4 is 5.97 Å². The largest absolute Gasteiger partial charge is 0.460 e. The first-order valence-electron chi connectivity index (χ1n) is 5.02. The molecule has 15 heavy (non-hydrogen) atoms. The Labute approximate surface area is 90.9 Å². The Morgan fingerprint density at radius 2 is 1.93 bits per heavy atom. The summed E-state index contributed by atoms with van der Waals surface area (Å²) in [5.74, 6) is -0.0620. The number of carbonyl (C=O) groups excluding carboxylic acids is 1. The summed E-state index contributed by atoms with van der Waals surface area (Å²) >= 11 is 0. The predicted molar refractivity (Wildman–Crippen MR) is 57.4 cm³/mol. The third kappa shape index (κ3) is 8.15. The van der Waals surface area contributed by atoms with Gasteiger partial charge in [-0.15, -0.1) is 0 Å². The summed E-state index contributed by atoms with van der Waals surface area (Å²) in [4.78, 5) is 11.0. The van der Waals surface area contributed by atoms with Crippen molar-refractivity contribution in [2.45, 2.75) is 26.9 Å². The fourth-order valence-electron chi connectivity index (χ4n) is 0.783. The standard InChI is InChI=1S/C11H20O4/c1-8(2)5-14-6-10(12)7-15-11(13)9(3)4/h8,10,12H,3,5-7H2,1-2,4H3. The van der Waals surface area contributed by atoms with E-state index < -0.39 is 12.1 Å². The molecule has 0 amide bonds. The van der Waals surface area contributed by atoms with Gasteiger partial charge in [0.2, 0.25) is 0 Å². The average molecular weight is 216 g/mol. The minimum Gasteiger partial charge on any atom is -0.460 e. The molecule has 0 rings (SSSR count). The fraction of sp³-hybridized carbons (Fsp3) is 0.727. The molecular formula is C11H20O4. The van der Waals surface area contributed by atoms with Crippen molar-refractivity contribution in [1.29, 1.82) is 0 Å². The van der Waals surface area contributed by atoms with Crippen molar-refractivity contribution in [2.24, 2.45) is 5.92 Å². The molecule has 0 fully saturated rings. The van der Waals surface area contributed by atoms with Gasteiger partial charge >= 0.3 is 5.97 Å². The first kappa shape index (κ1) is 14.1. The van der Waals surface area contributed by atoms with E-state index in [1.54, 1.807) is 6.92 Å². The Kier molecular flexibility index (Phi) is 6.99. The maximum Gasteiger partial charge on any atom is 0.333 e. The van der Waals surface area contributed by atoms with Crippen LogP contribution < -0.4 is 0 Å². The maximum atomic E-state index is 11.0. The van der Waals surface area contributed by atoms with E-state index in [9.17, 15) is 9.90 Å². The predicted octanol–water partition coefficient (Wildman–Crippen LogP) is 1.14. The lowest BCUT2D eigenvalue weighted by molar-refractivity contribution is -0.143. The van der Waals surface area contributed by atoms with Crippen LogP contribution in [0.3, 0.4) is 0 Å². The van der Waals surface area contributed by atoms with Crippen molar-refractivity contribution in [1.82, 2.24) is 0 Å². The van der Waals surface area contributed by atoms with Crippen molar-refractivity contribution in [2.75, 3.05) is 19.8 Å². The van der Waals surface area contributed by atoms with Gasteiger partial charge in [-0.2, -0.15) is 0 Å². The van der Waals surface area contributed by atoms with Crippen LogP contribution in [-0.4, -0.2) is 37.0 Å². The lowest BCUT2D eigenvalue weighted by Gasteiger charge is -2.12. The second-order valence-electron chi connectivity index (χ2n) is 3.96. The van der Waals surface area contributed by atoms with Crippen LogP contribution in [0.2, 0.25) is 0 Å². The van der Waals surface area contributed by atoms with Crippen molar-refractivity contribution in [3.63, 3.8) is 0 Å². The molecular weight excluding hydrogens is 196 g/mol. The van der Waals surface area contributed by atoms with Gasteiger partial charge in [-0.1, -0.05) is 20.4 Å². The molecule has 1 unspecified atom stereocenters. The van der Waals surface area contributed by atoms with Gasteiger partial charge in [0.25, 0.3) is 0 Å². The van der Waals surface area contributed by atoms with E-state index >= 15 is 0 Å². The van der Waals surface area contributed by atoms with Gasteiger partial charge in [-0.25, -0.2) is 4.79 Å². The van der Waals surface area contributed by atoms with Gasteiger partial charge in [0.05, 0.1) is 6.61 Å². The number of rotatable bonds is 7. The Bertz CT molecular complexity index is 211. The normalized spacial score (nSPS) is 12.6. The zero-order valence-corrected chi connectivity index (χ0v) is 9.66. The van der Waals surface area contributed by atoms with Crippen LogP contribution in [-0.2, 0) is 14.3 Å². The molecule has 0 saturated heterocycles. The van der Waals surface area contributed by atoms with Gasteiger partial charge in [-0.3, -0.25) is 0 Å². The van der Waals surface area contributed by atoms with Crippen LogP contribution in [0.15, 0.2) is 12.2 Å². The summed E-state index contributed by atoms with van der Waals surface area (Å²) in [6.07, 6.45) is -0.771. The third-order valence-corrected chi connectivity index (χ3v) is 1.52. The van der Waals surface area contributed by atoms with Crippen LogP contribution in [0.25, 0.3) is 0 Å². The summed E-state index contributed by atoms with van der Waals surface area (Å²) < 4.78 is 9.94. The topological polar surface area (TPSA) is 55.8 Å².